The second-order valence-corrected chi connectivity index (χ2v) is 11.4. The van der Waals surface area contributed by atoms with Gasteiger partial charge in [-0.25, -0.2) is 14.1 Å². The molecule has 0 fully saturated rings. The van der Waals surface area contributed by atoms with Crippen LogP contribution in [0.1, 0.15) is 39.5 Å². The second kappa shape index (κ2) is 10.9. The average molecular weight is 609 g/mol. The molecule has 4 aromatic carbocycles. The zero-order chi connectivity index (χ0) is 29.7. The number of anilines is 1. The van der Waals surface area contributed by atoms with E-state index in [9.17, 15) is 4.79 Å². The summed E-state index contributed by atoms with van der Waals surface area (Å²) in [7, 11) is 0. The molecule has 43 heavy (non-hydrogen) atoms. The number of aromatic nitrogens is 4. The fourth-order valence-corrected chi connectivity index (χ4v) is 6.39. The van der Waals surface area contributed by atoms with Crippen molar-refractivity contribution in [3.8, 4) is 22.5 Å². The van der Waals surface area contributed by atoms with E-state index in [1.165, 1.54) is 12.1 Å². The molecule has 6 nitrogen and oxygen atoms in total. The topological polar surface area (TPSA) is 72.7 Å². The molecule has 2 aromatic heterocycles. The molecule has 9 heteroatoms. The fraction of sp³-hybridized carbons (Fsp3) is 0.118. The molecule has 1 atom stereocenters. The Labute approximate surface area is 257 Å². The number of nitrogens with zero attached hydrogens (tertiary/aromatic N) is 4. The number of amides is 1. The number of carbonyl (C=O) groups excluding carboxylic acids is 1. The van der Waals surface area contributed by atoms with Crippen LogP contribution in [0.25, 0.3) is 33.4 Å². The standard InChI is InChI=1S/C34H24Cl2FN5O/c1-19-32(25-8-2-3-11-29(25)39-33(19)20-6-4-7-21(35)16-20)34(43)38-22-12-14-28(37)26(17-22)30-18-42(41-40-30)31-15-13-23-24(31)9-5-10-27(23)36/h2-12,14,16-18,31H,13,15H2,1H3,(H,38,43)/t31-/m1/s1. The molecule has 7 rings (SSSR count). The normalized spacial score (nSPS) is 14.2. The molecule has 1 N–H and O–H groups in total. The van der Waals surface area contributed by atoms with Crippen molar-refractivity contribution in [1.29, 1.82) is 0 Å². The van der Waals surface area contributed by atoms with Crippen molar-refractivity contribution in [2.75, 3.05) is 5.32 Å². The Morgan fingerprint density at radius 3 is 2.70 bits per heavy atom. The van der Waals surface area contributed by atoms with Gasteiger partial charge >= 0.3 is 0 Å². The van der Waals surface area contributed by atoms with E-state index >= 15 is 4.39 Å². The van der Waals surface area contributed by atoms with Gasteiger partial charge < -0.3 is 5.32 Å². The van der Waals surface area contributed by atoms with Crippen LogP contribution in [0, 0.1) is 12.7 Å². The summed E-state index contributed by atoms with van der Waals surface area (Å²) in [5.41, 5.74) is 6.60. The van der Waals surface area contributed by atoms with E-state index < -0.39 is 5.82 Å². The molecular formula is C34H24Cl2FN5O. The Morgan fingerprint density at radius 1 is 1.00 bits per heavy atom. The van der Waals surface area contributed by atoms with Crippen molar-refractivity contribution in [2.45, 2.75) is 25.8 Å². The number of nitrogens with one attached hydrogen (secondary N) is 1. The minimum Gasteiger partial charge on any atom is -0.322 e. The monoisotopic (exact) mass is 607 g/mol. The van der Waals surface area contributed by atoms with Gasteiger partial charge in [-0.3, -0.25) is 4.79 Å². The van der Waals surface area contributed by atoms with E-state index in [2.05, 4.69) is 15.6 Å². The third kappa shape index (κ3) is 4.94. The number of hydrogen-bond acceptors (Lipinski definition) is 4. The van der Waals surface area contributed by atoms with E-state index in [0.29, 0.717) is 44.1 Å². The van der Waals surface area contributed by atoms with Gasteiger partial charge in [0.25, 0.3) is 5.91 Å². The quantitative estimate of drug-likeness (QED) is 0.213. The fourth-order valence-electron chi connectivity index (χ4n) is 5.92. The minimum atomic E-state index is -0.464. The van der Waals surface area contributed by atoms with E-state index in [0.717, 1.165) is 34.6 Å². The molecule has 6 aromatic rings. The van der Waals surface area contributed by atoms with Crippen LogP contribution in [0.3, 0.4) is 0 Å². The van der Waals surface area contributed by atoms with Gasteiger partial charge in [-0.15, -0.1) is 5.10 Å². The van der Waals surface area contributed by atoms with Crippen LogP contribution in [0.5, 0.6) is 0 Å². The molecule has 0 bridgehead atoms. The van der Waals surface area contributed by atoms with Crippen molar-refractivity contribution in [3.63, 3.8) is 0 Å². The summed E-state index contributed by atoms with van der Waals surface area (Å²) in [4.78, 5) is 18.7. The van der Waals surface area contributed by atoms with Gasteiger partial charge in [0.05, 0.1) is 29.0 Å². The summed E-state index contributed by atoms with van der Waals surface area (Å²) in [5.74, 6) is -0.797. The van der Waals surface area contributed by atoms with Crippen LogP contribution >= 0.6 is 23.2 Å². The van der Waals surface area contributed by atoms with Crippen molar-refractivity contribution in [1.82, 2.24) is 20.0 Å². The first-order valence-corrected chi connectivity index (χ1v) is 14.6. The molecular weight excluding hydrogens is 584 g/mol. The van der Waals surface area contributed by atoms with Gasteiger partial charge in [0.1, 0.15) is 11.5 Å². The van der Waals surface area contributed by atoms with E-state index in [1.807, 2.05) is 67.6 Å². The smallest absolute Gasteiger partial charge is 0.256 e. The van der Waals surface area contributed by atoms with Crippen molar-refractivity contribution >= 4 is 45.7 Å². The number of carbonyl (C=O) groups is 1. The number of rotatable bonds is 5. The SMILES string of the molecule is Cc1c(-c2cccc(Cl)c2)nc2ccccc2c1C(=O)Nc1ccc(F)c(-c2cn([C@@H]3CCc4c(Cl)cccc43)nn2)c1. The Kier molecular flexibility index (Phi) is 6.92. The number of benzene rings is 4. The largest absolute Gasteiger partial charge is 0.322 e. The predicted molar refractivity (Wildman–Crippen MR) is 168 cm³/mol. The predicted octanol–water partition coefficient (Wildman–Crippen LogP) is 8.70. The lowest BCUT2D eigenvalue weighted by atomic mass is 9.97. The molecule has 0 aliphatic heterocycles. The second-order valence-electron chi connectivity index (χ2n) is 10.6. The summed E-state index contributed by atoms with van der Waals surface area (Å²) < 4.78 is 16.9. The van der Waals surface area contributed by atoms with E-state index in [1.54, 1.807) is 23.0 Å². The van der Waals surface area contributed by atoms with E-state index in [-0.39, 0.29) is 17.5 Å². The molecule has 0 unspecified atom stereocenters. The average Bonchev–Trinajstić information content (AvgIpc) is 3.66. The number of halogens is 3. The van der Waals surface area contributed by atoms with Crippen LogP contribution in [0.4, 0.5) is 10.1 Å². The molecule has 0 saturated carbocycles. The van der Waals surface area contributed by atoms with Gasteiger partial charge in [0.2, 0.25) is 0 Å². The number of hydrogen-bond donors (Lipinski definition) is 1. The van der Waals surface area contributed by atoms with Crippen LogP contribution < -0.4 is 5.32 Å². The Morgan fingerprint density at radius 2 is 1.84 bits per heavy atom. The third-order valence-electron chi connectivity index (χ3n) is 7.97. The summed E-state index contributed by atoms with van der Waals surface area (Å²) >= 11 is 12.7. The van der Waals surface area contributed by atoms with E-state index in [4.69, 9.17) is 28.2 Å². The van der Waals surface area contributed by atoms with Crippen molar-refractivity contribution < 1.29 is 9.18 Å². The highest BCUT2D eigenvalue weighted by molar-refractivity contribution is 6.31. The lowest BCUT2D eigenvalue weighted by Crippen LogP contribution is -2.15. The molecule has 0 spiro atoms. The van der Waals surface area contributed by atoms with Crippen LogP contribution in [-0.2, 0) is 6.42 Å². The van der Waals surface area contributed by atoms with Crippen molar-refractivity contribution in [3.05, 3.63) is 129 Å². The van der Waals surface area contributed by atoms with Crippen LogP contribution in [-0.4, -0.2) is 25.9 Å². The Hall–Kier alpha value is -4.59. The summed E-state index contributed by atoms with van der Waals surface area (Å²) in [6.45, 7) is 1.87. The highest BCUT2D eigenvalue weighted by Gasteiger charge is 2.27. The first kappa shape index (κ1) is 27.3. The molecule has 0 radical (unpaired) electrons. The molecule has 212 valence electrons. The lowest BCUT2D eigenvalue weighted by Gasteiger charge is -2.15. The highest BCUT2D eigenvalue weighted by Crippen LogP contribution is 2.38. The molecule has 2 heterocycles. The van der Waals surface area contributed by atoms with Gasteiger partial charge in [0, 0.05) is 32.2 Å². The summed E-state index contributed by atoms with van der Waals surface area (Å²) in [6.07, 6.45) is 3.41. The third-order valence-corrected chi connectivity index (χ3v) is 8.56. The highest BCUT2D eigenvalue weighted by atomic mass is 35.5. The number of fused-ring (bicyclic) bond motifs is 2. The van der Waals surface area contributed by atoms with Crippen LogP contribution in [0.15, 0.2) is 91.1 Å². The number of pyridine rings is 1. The summed E-state index contributed by atoms with van der Waals surface area (Å²) in [5, 5.41) is 13.6. The first-order valence-electron chi connectivity index (χ1n) is 13.8. The van der Waals surface area contributed by atoms with Gasteiger partial charge in [-0.05, 0) is 78.9 Å². The Bertz CT molecular complexity index is 2060. The van der Waals surface area contributed by atoms with Crippen molar-refractivity contribution in [2.24, 2.45) is 0 Å². The Balaban J connectivity index is 1.22. The molecule has 1 amide bonds. The number of para-hydroxylation sites is 1. The lowest BCUT2D eigenvalue weighted by molar-refractivity contribution is 0.102. The molecule has 1 aliphatic rings. The van der Waals surface area contributed by atoms with Gasteiger partial charge in [0.15, 0.2) is 0 Å². The maximum absolute atomic E-state index is 15.1. The summed E-state index contributed by atoms with van der Waals surface area (Å²) in [6, 6.07) is 25.1. The zero-order valence-electron chi connectivity index (χ0n) is 23.0. The zero-order valence-corrected chi connectivity index (χ0v) is 24.5. The molecule has 1 aliphatic carbocycles. The minimum absolute atomic E-state index is 0.0301. The molecule has 0 saturated heterocycles. The first-order chi connectivity index (χ1) is 20.9. The van der Waals surface area contributed by atoms with Gasteiger partial charge in [-0.1, -0.05) is 70.9 Å². The maximum atomic E-state index is 15.1. The van der Waals surface area contributed by atoms with Crippen LogP contribution in [0.2, 0.25) is 10.0 Å². The maximum Gasteiger partial charge on any atom is 0.256 e. The van der Waals surface area contributed by atoms with Gasteiger partial charge in [-0.2, -0.15) is 0 Å².